The largest absolute Gasteiger partial charge is 0.477 e. The Hall–Kier alpha value is -2.77. The summed E-state index contributed by atoms with van der Waals surface area (Å²) in [5, 5.41) is 18.1. The molecule has 0 radical (unpaired) electrons. The molecule has 0 spiro atoms. The van der Waals surface area contributed by atoms with Gasteiger partial charge in [0.2, 0.25) is 0 Å². The standard InChI is InChI=1S/C12H15N5O3/c1-8-7-9(10(15-8)11(18)19)16-12(20)13-4-6-17-5-2-3-14-17/h2-3,5,7,15H,4,6H2,1H3,(H,18,19)(H2,13,16,20). The van der Waals surface area contributed by atoms with Crippen molar-refractivity contribution < 1.29 is 14.7 Å². The van der Waals surface area contributed by atoms with E-state index in [0.29, 0.717) is 18.8 Å². The number of carbonyl (C=O) groups is 2. The van der Waals surface area contributed by atoms with Crippen molar-refractivity contribution in [3.8, 4) is 0 Å². The summed E-state index contributed by atoms with van der Waals surface area (Å²) in [6.07, 6.45) is 3.44. The predicted molar refractivity (Wildman–Crippen MR) is 71.7 cm³/mol. The smallest absolute Gasteiger partial charge is 0.354 e. The Morgan fingerprint density at radius 3 is 2.95 bits per heavy atom. The Morgan fingerprint density at radius 2 is 2.30 bits per heavy atom. The van der Waals surface area contributed by atoms with Crippen LogP contribution in [0.1, 0.15) is 16.2 Å². The fourth-order valence-electron chi connectivity index (χ4n) is 1.74. The number of aromatic amines is 1. The third-order valence-electron chi connectivity index (χ3n) is 2.60. The molecule has 0 fully saturated rings. The maximum Gasteiger partial charge on any atom is 0.354 e. The van der Waals surface area contributed by atoms with Gasteiger partial charge in [0.05, 0.1) is 12.2 Å². The molecule has 2 heterocycles. The van der Waals surface area contributed by atoms with Crippen molar-refractivity contribution in [2.24, 2.45) is 0 Å². The van der Waals surface area contributed by atoms with Crippen LogP contribution in [-0.2, 0) is 6.54 Å². The first-order valence-corrected chi connectivity index (χ1v) is 6.01. The first-order chi connectivity index (χ1) is 9.56. The summed E-state index contributed by atoms with van der Waals surface area (Å²) < 4.78 is 1.68. The van der Waals surface area contributed by atoms with Crippen molar-refractivity contribution in [3.63, 3.8) is 0 Å². The lowest BCUT2D eigenvalue weighted by Crippen LogP contribution is -2.31. The number of aromatic carboxylic acids is 1. The van der Waals surface area contributed by atoms with E-state index < -0.39 is 12.0 Å². The van der Waals surface area contributed by atoms with Gasteiger partial charge in [-0.1, -0.05) is 0 Å². The summed E-state index contributed by atoms with van der Waals surface area (Å²) in [4.78, 5) is 25.3. The molecule has 0 atom stereocenters. The molecule has 2 aromatic rings. The minimum Gasteiger partial charge on any atom is -0.477 e. The number of amides is 2. The second-order valence-corrected chi connectivity index (χ2v) is 4.20. The highest BCUT2D eigenvalue weighted by atomic mass is 16.4. The van der Waals surface area contributed by atoms with Gasteiger partial charge in [-0.05, 0) is 19.1 Å². The minimum atomic E-state index is -1.12. The summed E-state index contributed by atoms with van der Waals surface area (Å²) in [7, 11) is 0. The van der Waals surface area contributed by atoms with Gasteiger partial charge >= 0.3 is 12.0 Å². The third kappa shape index (κ3) is 3.37. The fraction of sp³-hybridized carbons (Fsp3) is 0.250. The monoisotopic (exact) mass is 277 g/mol. The number of carboxylic acids is 1. The van der Waals surface area contributed by atoms with Crippen LogP contribution in [0, 0.1) is 6.92 Å². The molecule has 0 unspecified atom stereocenters. The SMILES string of the molecule is Cc1cc(NC(=O)NCCn2cccn2)c(C(=O)O)[nH]1. The number of hydrogen-bond donors (Lipinski definition) is 4. The van der Waals surface area contributed by atoms with Gasteiger partial charge in [0.25, 0.3) is 0 Å². The van der Waals surface area contributed by atoms with Crippen LogP contribution in [-0.4, -0.2) is 38.4 Å². The third-order valence-corrected chi connectivity index (χ3v) is 2.60. The highest BCUT2D eigenvalue weighted by molar-refractivity contribution is 5.99. The summed E-state index contributed by atoms with van der Waals surface area (Å²) in [5.74, 6) is -1.12. The molecular formula is C12H15N5O3. The van der Waals surface area contributed by atoms with Crippen molar-refractivity contribution in [2.45, 2.75) is 13.5 Å². The first kappa shape index (κ1) is 13.7. The molecule has 0 aliphatic heterocycles. The van der Waals surface area contributed by atoms with Crippen molar-refractivity contribution in [2.75, 3.05) is 11.9 Å². The van der Waals surface area contributed by atoms with E-state index in [0.717, 1.165) is 0 Å². The first-order valence-electron chi connectivity index (χ1n) is 6.01. The van der Waals surface area contributed by atoms with Crippen LogP contribution in [0.15, 0.2) is 24.5 Å². The zero-order chi connectivity index (χ0) is 14.5. The quantitative estimate of drug-likeness (QED) is 0.654. The van der Waals surface area contributed by atoms with Crippen LogP contribution >= 0.6 is 0 Å². The topological polar surface area (TPSA) is 112 Å². The van der Waals surface area contributed by atoms with Crippen molar-refractivity contribution in [3.05, 3.63) is 35.9 Å². The number of aryl methyl sites for hydroxylation is 1. The Kier molecular flexibility index (Phi) is 4.04. The van der Waals surface area contributed by atoms with Crippen LogP contribution in [0.4, 0.5) is 10.5 Å². The van der Waals surface area contributed by atoms with E-state index in [4.69, 9.17) is 5.11 Å². The Morgan fingerprint density at radius 1 is 1.50 bits per heavy atom. The lowest BCUT2D eigenvalue weighted by Gasteiger charge is -2.07. The number of nitrogens with zero attached hydrogens (tertiary/aromatic N) is 2. The summed E-state index contributed by atoms with van der Waals surface area (Å²) >= 11 is 0. The molecule has 0 saturated carbocycles. The second-order valence-electron chi connectivity index (χ2n) is 4.20. The molecule has 2 amide bonds. The van der Waals surface area contributed by atoms with Gasteiger partial charge in [-0.2, -0.15) is 5.10 Å². The van der Waals surface area contributed by atoms with Crippen LogP contribution in [0.2, 0.25) is 0 Å². The molecule has 0 aromatic carbocycles. The zero-order valence-electron chi connectivity index (χ0n) is 10.9. The van der Waals surface area contributed by atoms with E-state index in [1.807, 2.05) is 0 Å². The summed E-state index contributed by atoms with van der Waals surface area (Å²) in [6, 6.07) is 2.90. The van der Waals surface area contributed by atoms with Crippen molar-refractivity contribution in [1.29, 1.82) is 0 Å². The number of rotatable bonds is 5. The highest BCUT2D eigenvalue weighted by Crippen LogP contribution is 2.16. The van der Waals surface area contributed by atoms with Gasteiger partial charge in [0, 0.05) is 24.6 Å². The van der Waals surface area contributed by atoms with E-state index in [-0.39, 0.29) is 11.4 Å². The van der Waals surface area contributed by atoms with Gasteiger partial charge < -0.3 is 20.7 Å². The molecule has 106 valence electrons. The number of nitrogens with one attached hydrogen (secondary N) is 3. The predicted octanol–water partition coefficient (Wildman–Crippen LogP) is 1.04. The zero-order valence-corrected chi connectivity index (χ0v) is 10.9. The van der Waals surface area contributed by atoms with Crippen LogP contribution in [0.5, 0.6) is 0 Å². The number of urea groups is 1. The maximum absolute atomic E-state index is 11.7. The molecule has 8 nitrogen and oxygen atoms in total. The number of H-pyrrole nitrogens is 1. The minimum absolute atomic E-state index is 0.0373. The Bertz CT molecular complexity index is 603. The normalized spacial score (nSPS) is 10.2. The number of hydrogen-bond acceptors (Lipinski definition) is 3. The van der Waals surface area contributed by atoms with E-state index >= 15 is 0 Å². The van der Waals surface area contributed by atoms with Gasteiger partial charge in [-0.15, -0.1) is 0 Å². The van der Waals surface area contributed by atoms with Crippen molar-refractivity contribution in [1.82, 2.24) is 20.1 Å². The average molecular weight is 277 g/mol. The summed E-state index contributed by atoms with van der Waals surface area (Å²) in [6.45, 7) is 2.64. The molecule has 2 aromatic heterocycles. The molecular weight excluding hydrogens is 262 g/mol. The van der Waals surface area contributed by atoms with E-state index in [1.54, 1.807) is 36.1 Å². The summed E-state index contributed by atoms with van der Waals surface area (Å²) in [5.41, 5.74) is 0.866. The molecule has 0 aliphatic carbocycles. The molecule has 8 heteroatoms. The fourth-order valence-corrected chi connectivity index (χ4v) is 1.74. The van der Waals surface area contributed by atoms with E-state index in [9.17, 15) is 9.59 Å². The van der Waals surface area contributed by atoms with Crippen LogP contribution < -0.4 is 10.6 Å². The highest BCUT2D eigenvalue weighted by Gasteiger charge is 2.14. The van der Waals surface area contributed by atoms with E-state index in [2.05, 4.69) is 20.7 Å². The second kappa shape index (κ2) is 5.91. The molecule has 4 N–H and O–H groups in total. The number of carboxylic acid groups (broad SMARTS) is 1. The Labute approximate surface area is 114 Å². The maximum atomic E-state index is 11.7. The van der Waals surface area contributed by atoms with Crippen molar-refractivity contribution >= 4 is 17.7 Å². The van der Waals surface area contributed by atoms with E-state index in [1.165, 1.54) is 0 Å². The van der Waals surface area contributed by atoms with Gasteiger partial charge in [-0.25, -0.2) is 9.59 Å². The molecule has 0 saturated heterocycles. The van der Waals surface area contributed by atoms with Crippen LogP contribution in [0.25, 0.3) is 0 Å². The lowest BCUT2D eigenvalue weighted by atomic mass is 10.3. The average Bonchev–Trinajstić information content (AvgIpc) is 2.99. The number of carbonyl (C=O) groups excluding carboxylic acids is 1. The molecule has 0 bridgehead atoms. The van der Waals surface area contributed by atoms with Crippen LogP contribution in [0.3, 0.4) is 0 Å². The Balaban J connectivity index is 1.86. The van der Waals surface area contributed by atoms with Gasteiger partial charge in [-0.3, -0.25) is 4.68 Å². The number of anilines is 1. The van der Waals surface area contributed by atoms with Gasteiger partial charge in [0.1, 0.15) is 5.69 Å². The lowest BCUT2D eigenvalue weighted by molar-refractivity contribution is 0.0692. The molecule has 20 heavy (non-hydrogen) atoms. The molecule has 2 rings (SSSR count). The molecule has 0 aliphatic rings. The van der Waals surface area contributed by atoms with Gasteiger partial charge in [0.15, 0.2) is 0 Å². The number of aromatic nitrogens is 3.